The van der Waals surface area contributed by atoms with Crippen LogP contribution in [0.15, 0.2) is 108 Å². The second-order valence-electron chi connectivity index (χ2n) is 12.5. The van der Waals surface area contributed by atoms with Crippen molar-refractivity contribution >= 4 is 35.2 Å². The molecule has 3 aromatic heterocycles. The van der Waals surface area contributed by atoms with E-state index in [4.69, 9.17) is 4.42 Å². The van der Waals surface area contributed by atoms with Gasteiger partial charge in [-0.25, -0.2) is 0 Å². The Morgan fingerprint density at radius 1 is 0.761 bits per heavy atom. The van der Waals surface area contributed by atoms with Crippen molar-refractivity contribution in [3.63, 3.8) is 0 Å². The smallest absolute Gasteiger partial charge is 0.120 e. The molecule has 0 N–H and O–H groups in total. The van der Waals surface area contributed by atoms with Gasteiger partial charge in [-0.1, -0.05) is 84.7 Å². The molecule has 0 aliphatic carbocycles. The summed E-state index contributed by atoms with van der Waals surface area (Å²) < 4.78 is 19.0. The molecule has 0 aliphatic heterocycles. The third-order valence-electron chi connectivity index (χ3n) is 8.00. The van der Waals surface area contributed by atoms with Crippen LogP contribution in [0.2, 0.25) is 19.6 Å². The molecular weight excluding hydrogens is 764 g/mol. The molecular formula is C40H35FIrN2OSi-2. The number of nitrogens with zero attached hydrogens (tertiary/aromatic N) is 2. The molecule has 0 aliphatic rings. The van der Waals surface area contributed by atoms with E-state index in [-0.39, 0.29) is 25.9 Å². The summed E-state index contributed by atoms with van der Waals surface area (Å²) in [6.07, 6.45) is 3.80. The first-order valence-electron chi connectivity index (χ1n) is 15.1. The molecule has 0 bridgehead atoms. The summed E-state index contributed by atoms with van der Waals surface area (Å²) in [6.45, 7) is 13.3. The second-order valence-corrected chi connectivity index (χ2v) is 17.6. The van der Waals surface area contributed by atoms with Crippen LogP contribution in [-0.4, -0.2) is 18.0 Å². The Morgan fingerprint density at radius 3 is 2.20 bits per heavy atom. The van der Waals surface area contributed by atoms with Crippen molar-refractivity contribution in [2.45, 2.75) is 40.4 Å². The molecule has 7 aromatic rings. The fourth-order valence-electron chi connectivity index (χ4n) is 5.80. The van der Waals surface area contributed by atoms with E-state index in [1.54, 1.807) is 6.07 Å². The summed E-state index contributed by atoms with van der Waals surface area (Å²) in [6, 6.07) is 35.6. The van der Waals surface area contributed by atoms with Gasteiger partial charge in [0.05, 0.1) is 13.7 Å². The zero-order valence-electron chi connectivity index (χ0n) is 26.8. The van der Waals surface area contributed by atoms with Crippen molar-refractivity contribution < 1.29 is 28.9 Å². The standard InChI is InChI=1S/C26H20NO.C14H15FNSi.Ir/c1-16-13-17(2)25(18(3)14-16)19-11-12-27-23(15-19)22-9-6-8-21-20-7-4-5-10-24(20)28-26(21)22;1-17(2,3)13-8-9-14(16-10-13)11-4-6-12(15)7-5-11;/h4-8,10-15H,1-3H3;4,6-10H,1-3H3;/q2*-1;. The molecule has 0 amide bonds. The Bertz CT molecular complexity index is 2110. The molecule has 46 heavy (non-hydrogen) atoms. The van der Waals surface area contributed by atoms with E-state index in [0.717, 1.165) is 44.5 Å². The van der Waals surface area contributed by atoms with Crippen LogP contribution in [0.3, 0.4) is 0 Å². The maximum absolute atomic E-state index is 12.8. The first-order valence-corrected chi connectivity index (χ1v) is 18.6. The molecule has 1 radical (unpaired) electrons. The first kappa shape index (κ1) is 33.1. The summed E-state index contributed by atoms with van der Waals surface area (Å²) in [7, 11) is -1.30. The number of aromatic nitrogens is 2. The molecule has 0 unspecified atom stereocenters. The predicted octanol–water partition coefficient (Wildman–Crippen LogP) is 10.3. The van der Waals surface area contributed by atoms with Gasteiger partial charge >= 0.3 is 0 Å². The van der Waals surface area contributed by atoms with Gasteiger partial charge < -0.3 is 14.4 Å². The number of hydrogen-bond acceptors (Lipinski definition) is 3. The minimum absolute atomic E-state index is 0. The fraction of sp³-hybridized carbons (Fsp3) is 0.150. The molecule has 233 valence electrons. The number of benzene rings is 4. The van der Waals surface area contributed by atoms with Gasteiger partial charge in [0.25, 0.3) is 0 Å². The van der Waals surface area contributed by atoms with Gasteiger partial charge in [0.2, 0.25) is 0 Å². The van der Waals surface area contributed by atoms with Crippen LogP contribution in [0.25, 0.3) is 55.6 Å². The molecule has 3 nitrogen and oxygen atoms in total. The zero-order valence-corrected chi connectivity index (χ0v) is 30.2. The molecule has 3 heterocycles. The van der Waals surface area contributed by atoms with Crippen molar-refractivity contribution in [2.24, 2.45) is 0 Å². The number of furan rings is 1. The molecule has 0 saturated carbocycles. The van der Waals surface area contributed by atoms with Crippen LogP contribution in [0, 0.1) is 38.7 Å². The largest absolute Gasteiger partial charge is 0.501 e. The summed E-state index contributed by atoms with van der Waals surface area (Å²) in [4.78, 5) is 9.07. The molecule has 0 atom stereocenters. The van der Waals surface area contributed by atoms with Crippen molar-refractivity contribution in [3.8, 4) is 33.6 Å². The van der Waals surface area contributed by atoms with Crippen molar-refractivity contribution in [1.29, 1.82) is 0 Å². The van der Waals surface area contributed by atoms with Gasteiger partial charge in [-0.2, -0.15) is 0 Å². The van der Waals surface area contributed by atoms with Gasteiger partial charge in [0.15, 0.2) is 0 Å². The number of fused-ring (bicyclic) bond motifs is 3. The molecule has 7 rings (SSSR count). The van der Waals surface area contributed by atoms with E-state index < -0.39 is 8.07 Å². The van der Waals surface area contributed by atoms with Crippen LogP contribution >= 0.6 is 0 Å². The number of rotatable bonds is 4. The number of hydrogen-bond donors (Lipinski definition) is 0. The van der Waals surface area contributed by atoms with Gasteiger partial charge in [-0.05, 0) is 71.7 Å². The first-order chi connectivity index (χ1) is 21.6. The summed E-state index contributed by atoms with van der Waals surface area (Å²) >= 11 is 0. The van der Waals surface area contributed by atoms with Crippen molar-refractivity contribution in [3.05, 3.63) is 138 Å². The summed E-state index contributed by atoms with van der Waals surface area (Å²) in [5.41, 5.74) is 11.5. The molecule has 0 spiro atoms. The average Bonchev–Trinajstić information content (AvgIpc) is 3.40. The number of para-hydroxylation sites is 1. The van der Waals surface area contributed by atoms with E-state index in [0.29, 0.717) is 0 Å². The monoisotopic (exact) mass is 799 g/mol. The fourth-order valence-corrected chi connectivity index (χ4v) is 6.84. The van der Waals surface area contributed by atoms with Gasteiger partial charge in [0.1, 0.15) is 5.58 Å². The Kier molecular flexibility index (Phi) is 9.83. The number of pyridine rings is 2. The maximum atomic E-state index is 12.8. The molecule has 4 aromatic carbocycles. The Hall–Kier alpha value is -4.22. The van der Waals surface area contributed by atoms with Crippen LogP contribution in [0.5, 0.6) is 0 Å². The topological polar surface area (TPSA) is 38.9 Å². The minimum atomic E-state index is -1.30. The van der Waals surface area contributed by atoms with Gasteiger partial charge in [-0.15, -0.1) is 48.0 Å². The van der Waals surface area contributed by atoms with E-state index in [1.807, 2.05) is 42.7 Å². The molecule has 0 saturated heterocycles. The summed E-state index contributed by atoms with van der Waals surface area (Å²) in [5, 5.41) is 3.54. The van der Waals surface area contributed by atoms with E-state index >= 15 is 0 Å². The normalized spacial score (nSPS) is 11.2. The van der Waals surface area contributed by atoms with Crippen molar-refractivity contribution in [2.75, 3.05) is 0 Å². The van der Waals surface area contributed by atoms with Crippen LogP contribution in [0.1, 0.15) is 16.7 Å². The Balaban J connectivity index is 0.000000200. The third-order valence-corrected chi connectivity index (χ3v) is 10.0. The van der Waals surface area contributed by atoms with Crippen LogP contribution in [0.4, 0.5) is 4.39 Å². The molecule has 0 fully saturated rings. The van der Waals surface area contributed by atoms with E-state index in [1.165, 1.54) is 45.1 Å². The van der Waals surface area contributed by atoms with Gasteiger partial charge in [0, 0.05) is 43.7 Å². The van der Waals surface area contributed by atoms with E-state index in [9.17, 15) is 4.39 Å². The number of aryl methyl sites for hydroxylation is 3. The van der Waals surface area contributed by atoms with Crippen molar-refractivity contribution in [1.82, 2.24) is 9.97 Å². The van der Waals surface area contributed by atoms with E-state index in [2.05, 4.69) is 105 Å². The third kappa shape index (κ3) is 6.95. The second kappa shape index (κ2) is 13.6. The zero-order chi connectivity index (χ0) is 31.7. The number of halogens is 1. The van der Waals surface area contributed by atoms with Crippen LogP contribution < -0.4 is 5.19 Å². The molecule has 6 heteroatoms. The van der Waals surface area contributed by atoms with Crippen LogP contribution in [-0.2, 0) is 20.1 Å². The summed E-state index contributed by atoms with van der Waals surface area (Å²) in [5.74, 6) is -0.271. The van der Waals surface area contributed by atoms with Gasteiger partial charge in [-0.3, -0.25) is 4.39 Å². The quantitative estimate of drug-likeness (QED) is 0.132. The average molecular weight is 799 g/mol. The Morgan fingerprint density at radius 2 is 1.52 bits per heavy atom. The Labute approximate surface area is 284 Å². The predicted molar refractivity (Wildman–Crippen MR) is 187 cm³/mol. The maximum Gasteiger partial charge on any atom is 0.120 e. The SMILES string of the molecule is C[Si](C)(C)c1ccc(-c2[c-]cc(F)cc2)nc1.Cc1cc(C)c(-c2ccnc(-c3[c-]ccc4c3oc3ccccc34)c2)c(C)c1.[Ir]. The minimum Gasteiger partial charge on any atom is -0.501 e.